The fourth-order valence-corrected chi connectivity index (χ4v) is 1.48. The second-order valence-corrected chi connectivity index (χ2v) is 3.82. The van der Waals surface area contributed by atoms with Crippen LogP contribution in [-0.4, -0.2) is 15.0 Å². The van der Waals surface area contributed by atoms with Crippen molar-refractivity contribution in [1.29, 1.82) is 0 Å². The standard InChI is InChI=1S/C12H13N3O/c1-7-4-5-13-6-10(7)11-14-9(3)8(2)12(16)15-11/h4-6H,1-3H3,(H,14,15,16). The van der Waals surface area contributed by atoms with Crippen LogP contribution in [0.2, 0.25) is 0 Å². The van der Waals surface area contributed by atoms with Crippen LogP contribution in [0.1, 0.15) is 16.8 Å². The summed E-state index contributed by atoms with van der Waals surface area (Å²) in [7, 11) is 0. The Labute approximate surface area is 93.4 Å². The van der Waals surface area contributed by atoms with Gasteiger partial charge in [-0.25, -0.2) is 4.98 Å². The van der Waals surface area contributed by atoms with Crippen LogP contribution < -0.4 is 5.56 Å². The Hall–Kier alpha value is -1.97. The van der Waals surface area contributed by atoms with E-state index in [1.807, 2.05) is 19.9 Å². The SMILES string of the molecule is Cc1ccncc1-c1nc(C)c(C)c(=O)[nH]1. The van der Waals surface area contributed by atoms with Crippen molar-refractivity contribution in [1.82, 2.24) is 15.0 Å². The first-order valence-electron chi connectivity index (χ1n) is 5.08. The number of aryl methyl sites for hydroxylation is 2. The summed E-state index contributed by atoms with van der Waals surface area (Å²) in [5, 5.41) is 0. The molecule has 0 aliphatic heterocycles. The quantitative estimate of drug-likeness (QED) is 0.788. The van der Waals surface area contributed by atoms with Crippen LogP contribution in [0.4, 0.5) is 0 Å². The van der Waals surface area contributed by atoms with Gasteiger partial charge in [-0.15, -0.1) is 0 Å². The molecule has 0 fully saturated rings. The van der Waals surface area contributed by atoms with Gasteiger partial charge in [0.25, 0.3) is 5.56 Å². The first kappa shape index (κ1) is 10.5. The maximum absolute atomic E-state index is 11.6. The Morgan fingerprint density at radius 1 is 1.25 bits per heavy atom. The first-order valence-corrected chi connectivity index (χ1v) is 5.08. The van der Waals surface area contributed by atoms with Gasteiger partial charge in [0.2, 0.25) is 0 Å². The third-order valence-electron chi connectivity index (χ3n) is 2.69. The molecule has 0 bridgehead atoms. The lowest BCUT2D eigenvalue weighted by molar-refractivity contribution is 1.02. The van der Waals surface area contributed by atoms with Gasteiger partial charge in [-0.3, -0.25) is 9.78 Å². The number of H-pyrrole nitrogens is 1. The summed E-state index contributed by atoms with van der Waals surface area (Å²) in [5.41, 5.74) is 3.22. The fourth-order valence-electron chi connectivity index (χ4n) is 1.48. The van der Waals surface area contributed by atoms with Crippen molar-refractivity contribution in [2.24, 2.45) is 0 Å². The molecule has 0 aliphatic carbocycles. The predicted octanol–water partition coefficient (Wildman–Crippen LogP) is 1.76. The van der Waals surface area contributed by atoms with E-state index in [-0.39, 0.29) is 5.56 Å². The summed E-state index contributed by atoms with van der Waals surface area (Å²) in [5.74, 6) is 0.582. The van der Waals surface area contributed by atoms with E-state index in [1.165, 1.54) is 0 Å². The molecule has 82 valence electrons. The highest BCUT2D eigenvalue weighted by Crippen LogP contribution is 2.17. The zero-order valence-electron chi connectivity index (χ0n) is 9.53. The highest BCUT2D eigenvalue weighted by Gasteiger charge is 2.07. The number of nitrogens with one attached hydrogen (secondary N) is 1. The Kier molecular flexibility index (Phi) is 2.56. The molecular weight excluding hydrogens is 202 g/mol. The smallest absolute Gasteiger partial charge is 0.254 e. The van der Waals surface area contributed by atoms with Crippen LogP contribution in [-0.2, 0) is 0 Å². The minimum absolute atomic E-state index is 0.0919. The number of rotatable bonds is 1. The van der Waals surface area contributed by atoms with Crippen LogP contribution in [0, 0.1) is 20.8 Å². The summed E-state index contributed by atoms with van der Waals surface area (Å²) >= 11 is 0. The third-order valence-corrected chi connectivity index (χ3v) is 2.69. The van der Waals surface area contributed by atoms with Crippen molar-refractivity contribution in [2.45, 2.75) is 20.8 Å². The van der Waals surface area contributed by atoms with Crippen molar-refractivity contribution in [2.75, 3.05) is 0 Å². The van der Waals surface area contributed by atoms with E-state index >= 15 is 0 Å². The molecule has 16 heavy (non-hydrogen) atoms. The topological polar surface area (TPSA) is 58.6 Å². The molecule has 4 heteroatoms. The zero-order valence-corrected chi connectivity index (χ0v) is 9.53. The van der Waals surface area contributed by atoms with E-state index in [0.29, 0.717) is 11.4 Å². The molecule has 2 rings (SSSR count). The van der Waals surface area contributed by atoms with Gasteiger partial charge < -0.3 is 4.98 Å². The maximum Gasteiger partial charge on any atom is 0.254 e. The van der Waals surface area contributed by atoms with Gasteiger partial charge in [-0.2, -0.15) is 0 Å². The van der Waals surface area contributed by atoms with Gasteiger partial charge in [0, 0.05) is 29.2 Å². The summed E-state index contributed by atoms with van der Waals surface area (Å²) in [4.78, 5) is 22.8. The third kappa shape index (κ3) is 1.74. The molecule has 2 aromatic rings. The maximum atomic E-state index is 11.6. The molecule has 2 aromatic heterocycles. The normalized spacial score (nSPS) is 10.4. The number of nitrogens with zero attached hydrogens (tertiary/aromatic N) is 2. The van der Waals surface area contributed by atoms with Crippen molar-refractivity contribution in [3.63, 3.8) is 0 Å². The summed E-state index contributed by atoms with van der Waals surface area (Å²) in [6, 6.07) is 1.89. The Bertz CT molecular complexity index is 587. The Morgan fingerprint density at radius 3 is 2.62 bits per heavy atom. The lowest BCUT2D eigenvalue weighted by Gasteiger charge is -2.06. The molecule has 2 heterocycles. The molecule has 0 saturated heterocycles. The number of hydrogen-bond acceptors (Lipinski definition) is 3. The van der Waals surface area contributed by atoms with Gasteiger partial charge in [0.15, 0.2) is 0 Å². The van der Waals surface area contributed by atoms with Gasteiger partial charge in [-0.05, 0) is 32.4 Å². The molecule has 0 atom stereocenters. The van der Waals surface area contributed by atoms with E-state index in [2.05, 4.69) is 15.0 Å². The average molecular weight is 215 g/mol. The van der Waals surface area contributed by atoms with E-state index in [0.717, 1.165) is 16.8 Å². The summed E-state index contributed by atoms with van der Waals surface area (Å²) < 4.78 is 0. The van der Waals surface area contributed by atoms with Gasteiger partial charge in [0.1, 0.15) is 5.82 Å². The second kappa shape index (κ2) is 3.89. The molecule has 0 amide bonds. The average Bonchev–Trinajstić information content (AvgIpc) is 2.26. The molecule has 4 nitrogen and oxygen atoms in total. The molecule has 1 N–H and O–H groups in total. The molecule has 0 unspecified atom stereocenters. The van der Waals surface area contributed by atoms with E-state index in [4.69, 9.17) is 0 Å². The number of aromatic amines is 1. The lowest BCUT2D eigenvalue weighted by Crippen LogP contribution is -2.14. The molecule has 0 aliphatic rings. The van der Waals surface area contributed by atoms with E-state index < -0.39 is 0 Å². The molecule has 0 aromatic carbocycles. The highest BCUT2D eigenvalue weighted by atomic mass is 16.1. The summed E-state index contributed by atoms with van der Waals surface area (Å²) in [6.07, 6.45) is 3.43. The van der Waals surface area contributed by atoms with Crippen molar-refractivity contribution < 1.29 is 0 Å². The number of aromatic nitrogens is 3. The molecular formula is C12H13N3O. The second-order valence-electron chi connectivity index (χ2n) is 3.82. The van der Waals surface area contributed by atoms with Crippen molar-refractivity contribution >= 4 is 0 Å². The van der Waals surface area contributed by atoms with Crippen LogP contribution >= 0.6 is 0 Å². The first-order chi connectivity index (χ1) is 7.59. The van der Waals surface area contributed by atoms with Crippen molar-refractivity contribution in [3.8, 4) is 11.4 Å². The lowest BCUT2D eigenvalue weighted by atomic mass is 10.1. The van der Waals surface area contributed by atoms with Crippen LogP contribution in [0.3, 0.4) is 0 Å². The van der Waals surface area contributed by atoms with Gasteiger partial charge in [-0.1, -0.05) is 0 Å². The summed E-state index contributed by atoms with van der Waals surface area (Å²) in [6.45, 7) is 5.56. The minimum Gasteiger partial charge on any atom is -0.306 e. The van der Waals surface area contributed by atoms with Crippen molar-refractivity contribution in [3.05, 3.63) is 45.6 Å². The van der Waals surface area contributed by atoms with E-state index in [9.17, 15) is 4.79 Å². The van der Waals surface area contributed by atoms with Gasteiger partial charge >= 0.3 is 0 Å². The Balaban J connectivity index is 2.67. The predicted molar refractivity (Wildman–Crippen MR) is 62.3 cm³/mol. The zero-order chi connectivity index (χ0) is 11.7. The molecule has 0 saturated carbocycles. The van der Waals surface area contributed by atoms with Gasteiger partial charge in [0.05, 0.1) is 0 Å². The van der Waals surface area contributed by atoms with Crippen LogP contribution in [0.5, 0.6) is 0 Å². The number of hydrogen-bond donors (Lipinski definition) is 1. The molecule has 0 spiro atoms. The number of pyridine rings is 1. The minimum atomic E-state index is -0.0919. The van der Waals surface area contributed by atoms with Crippen LogP contribution in [0.15, 0.2) is 23.3 Å². The fraction of sp³-hybridized carbons (Fsp3) is 0.250. The largest absolute Gasteiger partial charge is 0.306 e. The molecule has 0 radical (unpaired) electrons. The monoisotopic (exact) mass is 215 g/mol. The highest BCUT2D eigenvalue weighted by molar-refractivity contribution is 5.58. The van der Waals surface area contributed by atoms with Crippen LogP contribution in [0.25, 0.3) is 11.4 Å². The van der Waals surface area contributed by atoms with E-state index in [1.54, 1.807) is 19.3 Å². The Morgan fingerprint density at radius 2 is 2.00 bits per heavy atom.